The first-order chi connectivity index (χ1) is 12.8. The first kappa shape index (κ1) is 18.9. The van der Waals surface area contributed by atoms with Crippen molar-refractivity contribution in [3.05, 3.63) is 70.7 Å². The highest BCUT2D eigenvalue weighted by Gasteiger charge is 2.22. The van der Waals surface area contributed by atoms with Gasteiger partial charge in [-0.25, -0.2) is 13.1 Å². The fourth-order valence-corrected chi connectivity index (χ4v) is 3.12. The van der Waals surface area contributed by atoms with E-state index in [9.17, 15) is 18.0 Å². The number of furan rings is 1. The molecule has 1 amide bonds. The molecule has 140 valence electrons. The lowest BCUT2D eigenvalue weighted by atomic mass is 10.1. The number of ketones is 1. The number of hydrogen-bond donors (Lipinski definition) is 3. The number of carbonyl (C=O) groups is 2. The maximum Gasteiger partial charge on any atom is 0.291 e. The van der Waals surface area contributed by atoms with Gasteiger partial charge in [0.25, 0.3) is 15.9 Å². The van der Waals surface area contributed by atoms with E-state index in [1.165, 1.54) is 31.3 Å². The largest absolute Gasteiger partial charge is 0.438 e. The number of sulfonamides is 1. The van der Waals surface area contributed by atoms with Crippen LogP contribution in [0.25, 0.3) is 0 Å². The zero-order valence-corrected chi connectivity index (χ0v) is 15.5. The average molecular weight is 408 g/mol. The van der Waals surface area contributed by atoms with Crippen LogP contribution in [-0.4, -0.2) is 32.1 Å². The standard InChI is InChI=1S/C17H14ClN3O5S/c1-19-27(24,25)15-7-6-14(26-15)17(23)21-12-5-4-10(18)9-11(12)16(22)13-3-2-8-20-13/h2-9,19-20H,1H3,(H,21,23). The van der Waals surface area contributed by atoms with Crippen molar-refractivity contribution in [1.82, 2.24) is 9.71 Å². The van der Waals surface area contributed by atoms with Crippen LogP contribution < -0.4 is 10.0 Å². The fraction of sp³-hybridized carbons (Fsp3) is 0.0588. The summed E-state index contributed by atoms with van der Waals surface area (Å²) in [6.45, 7) is 0. The van der Waals surface area contributed by atoms with Gasteiger partial charge in [0.15, 0.2) is 5.76 Å². The molecule has 0 spiro atoms. The van der Waals surface area contributed by atoms with Crippen molar-refractivity contribution < 1.29 is 22.4 Å². The predicted molar refractivity (Wildman–Crippen MR) is 98.6 cm³/mol. The van der Waals surface area contributed by atoms with Gasteiger partial charge in [-0.15, -0.1) is 0 Å². The molecule has 0 atom stereocenters. The summed E-state index contributed by atoms with van der Waals surface area (Å²) in [4.78, 5) is 27.8. The summed E-state index contributed by atoms with van der Waals surface area (Å²) in [6, 6.07) is 10.1. The molecule has 27 heavy (non-hydrogen) atoms. The fourth-order valence-electron chi connectivity index (χ4n) is 2.30. The molecule has 2 aromatic heterocycles. The number of aromatic nitrogens is 1. The lowest BCUT2D eigenvalue weighted by molar-refractivity contribution is 0.0991. The van der Waals surface area contributed by atoms with Gasteiger partial charge in [0.1, 0.15) is 0 Å². The van der Waals surface area contributed by atoms with Gasteiger partial charge in [-0.3, -0.25) is 9.59 Å². The monoisotopic (exact) mass is 407 g/mol. The van der Waals surface area contributed by atoms with Crippen LogP contribution in [-0.2, 0) is 10.0 Å². The van der Waals surface area contributed by atoms with E-state index >= 15 is 0 Å². The molecule has 0 aliphatic heterocycles. The number of nitrogens with one attached hydrogen (secondary N) is 3. The lowest BCUT2D eigenvalue weighted by Gasteiger charge is -2.09. The van der Waals surface area contributed by atoms with Crippen LogP contribution >= 0.6 is 11.6 Å². The molecule has 1 aromatic carbocycles. The smallest absolute Gasteiger partial charge is 0.291 e. The molecule has 0 unspecified atom stereocenters. The SMILES string of the molecule is CNS(=O)(=O)c1ccc(C(=O)Nc2ccc(Cl)cc2C(=O)c2ccc[nH]2)o1. The van der Waals surface area contributed by atoms with Crippen LogP contribution in [0.5, 0.6) is 0 Å². The van der Waals surface area contributed by atoms with Crippen molar-refractivity contribution >= 4 is 39.0 Å². The summed E-state index contributed by atoms with van der Waals surface area (Å²) in [5.74, 6) is -1.30. The third-order valence-corrected chi connectivity index (χ3v) is 5.18. The Hall–Kier alpha value is -2.88. The Morgan fingerprint density at radius 1 is 1.15 bits per heavy atom. The number of aromatic amines is 1. The van der Waals surface area contributed by atoms with Gasteiger partial charge in [0.2, 0.25) is 10.9 Å². The highest BCUT2D eigenvalue weighted by Crippen LogP contribution is 2.24. The number of carbonyl (C=O) groups excluding carboxylic acids is 2. The molecule has 0 saturated carbocycles. The van der Waals surface area contributed by atoms with E-state index in [2.05, 4.69) is 15.0 Å². The number of halogens is 1. The highest BCUT2D eigenvalue weighted by molar-refractivity contribution is 7.89. The van der Waals surface area contributed by atoms with Crippen LogP contribution in [0.15, 0.2) is 58.2 Å². The van der Waals surface area contributed by atoms with Crippen molar-refractivity contribution in [2.45, 2.75) is 5.09 Å². The van der Waals surface area contributed by atoms with E-state index in [0.29, 0.717) is 10.7 Å². The summed E-state index contributed by atoms with van der Waals surface area (Å²) >= 11 is 5.98. The minimum absolute atomic E-state index is 0.174. The molecule has 3 rings (SSSR count). The second-order valence-corrected chi connectivity index (χ2v) is 7.64. The van der Waals surface area contributed by atoms with Gasteiger partial charge >= 0.3 is 0 Å². The van der Waals surface area contributed by atoms with Crippen molar-refractivity contribution in [2.24, 2.45) is 0 Å². The number of amides is 1. The molecule has 0 bridgehead atoms. The van der Waals surface area contributed by atoms with Crippen LogP contribution in [0.4, 0.5) is 5.69 Å². The average Bonchev–Trinajstić information content (AvgIpc) is 3.34. The summed E-state index contributed by atoms with van der Waals surface area (Å²) in [6.07, 6.45) is 1.60. The molecular weight excluding hydrogens is 394 g/mol. The zero-order valence-electron chi connectivity index (χ0n) is 13.9. The summed E-state index contributed by atoms with van der Waals surface area (Å²) in [7, 11) is -2.59. The van der Waals surface area contributed by atoms with Crippen molar-refractivity contribution in [2.75, 3.05) is 12.4 Å². The number of hydrogen-bond acceptors (Lipinski definition) is 5. The number of H-pyrrole nitrogens is 1. The number of benzene rings is 1. The minimum Gasteiger partial charge on any atom is -0.438 e. The van der Waals surface area contributed by atoms with E-state index in [-0.39, 0.29) is 22.8 Å². The molecule has 10 heteroatoms. The van der Waals surface area contributed by atoms with Gasteiger partial charge in [-0.05, 0) is 49.5 Å². The van der Waals surface area contributed by atoms with Crippen LogP contribution in [0.1, 0.15) is 26.6 Å². The molecule has 8 nitrogen and oxygen atoms in total. The third-order valence-electron chi connectivity index (χ3n) is 3.66. The first-order valence-electron chi connectivity index (χ1n) is 7.64. The Morgan fingerprint density at radius 3 is 2.59 bits per heavy atom. The minimum atomic E-state index is -3.81. The molecule has 2 heterocycles. The zero-order chi connectivity index (χ0) is 19.6. The van der Waals surface area contributed by atoms with Gasteiger partial charge in [-0.1, -0.05) is 11.6 Å². The summed E-state index contributed by atoms with van der Waals surface area (Å²) in [5, 5.41) is 2.47. The van der Waals surface area contributed by atoms with Crippen LogP contribution in [0.2, 0.25) is 5.02 Å². The van der Waals surface area contributed by atoms with E-state index in [0.717, 1.165) is 6.07 Å². The topological polar surface area (TPSA) is 121 Å². The van der Waals surface area contributed by atoms with Gasteiger partial charge in [0.05, 0.1) is 11.4 Å². The van der Waals surface area contributed by atoms with E-state index in [4.69, 9.17) is 16.0 Å². The first-order valence-corrected chi connectivity index (χ1v) is 9.50. The Morgan fingerprint density at radius 2 is 1.93 bits per heavy atom. The van der Waals surface area contributed by atoms with Gasteiger partial charge in [0, 0.05) is 16.8 Å². The Labute approximate surface area is 159 Å². The van der Waals surface area contributed by atoms with E-state index in [1.807, 2.05) is 0 Å². The maximum absolute atomic E-state index is 12.6. The van der Waals surface area contributed by atoms with E-state index < -0.39 is 21.0 Å². The third kappa shape index (κ3) is 3.95. The van der Waals surface area contributed by atoms with Crippen molar-refractivity contribution in [3.63, 3.8) is 0 Å². The molecule has 0 aliphatic carbocycles. The molecule has 3 N–H and O–H groups in total. The summed E-state index contributed by atoms with van der Waals surface area (Å²) < 4.78 is 30.6. The van der Waals surface area contributed by atoms with Crippen LogP contribution in [0.3, 0.4) is 0 Å². The van der Waals surface area contributed by atoms with Crippen molar-refractivity contribution in [3.8, 4) is 0 Å². The van der Waals surface area contributed by atoms with Crippen molar-refractivity contribution in [1.29, 1.82) is 0 Å². The molecular formula is C17H14ClN3O5S. The normalized spacial score (nSPS) is 11.3. The molecule has 0 radical (unpaired) electrons. The lowest BCUT2D eigenvalue weighted by Crippen LogP contribution is -2.18. The van der Waals surface area contributed by atoms with E-state index in [1.54, 1.807) is 18.3 Å². The predicted octanol–water partition coefficient (Wildman–Crippen LogP) is 2.65. The molecule has 0 saturated heterocycles. The van der Waals surface area contributed by atoms with Gasteiger partial charge in [-0.2, -0.15) is 0 Å². The molecule has 0 fully saturated rings. The Balaban J connectivity index is 1.90. The second-order valence-electron chi connectivity index (χ2n) is 5.38. The van der Waals surface area contributed by atoms with Crippen LogP contribution in [0, 0.1) is 0 Å². The second kappa shape index (κ2) is 7.39. The highest BCUT2D eigenvalue weighted by atomic mass is 35.5. The Bertz CT molecular complexity index is 1100. The summed E-state index contributed by atoms with van der Waals surface area (Å²) in [5.41, 5.74) is 0.708. The number of rotatable bonds is 6. The molecule has 0 aliphatic rings. The Kier molecular flexibility index (Phi) is 5.17. The molecule has 3 aromatic rings. The van der Waals surface area contributed by atoms with Gasteiger partial charge < -0.3 is 14.7 Å². The number of anilines is 1. The quantitative estimate of drug-likeness (QED) is 0.542. The maximum atomic E-state index is 12.6.